The zero-order valence-electron chi connectivity index (χ0n) is 19.9. The number of likely N-dealkylation sites (tertiary alicyclic amines) is 1. The molecular weight excluding hydrogens is 417 g/mol. The molecule has 3 heterocycles. The standard InChI is InChI=1S/C26H36FN5O/c1-21(26(33)29(2)18-22-7-5-9-24(27)17-22)32-12-6-8-23(20-32)19-30-13-15-31(16-14-30)25-10-3-4-11-28-25/h3-5,7,9-11,17,21,23H,6,8,12-16,18-20H2,1-2H3/t21-,23-/m0/s1. The summed E-state index contributed by atoms with van der Waals surface area (Å²) in [5, 5.41) is 0. The van der Waals surface area contributed by atoms with Crippen LogP contribution in [0, 0.1) is 11.7 Å². The molecule has 6 nitrogen and oxygen atoms in total. The molecule has 1 aromatic carbocycles. The average molecular weight is 454 g/mol. The second kappa shape index (κ2) is 11.1. The fourth-order valence-electron chi connectivity index (χ4n) is 5.13. The molecule has 0 saturated carbocycles. The van der Waals surface area contributed by atoms with Gasteiger partial charge in [-0.3, -0.25) is 14.6 Å². The number of amides is 1. The van der Waals surface area contributed by atoms with E-state index >= 15 is 0 Å². The van der Waals surface area contributed by atoms with Crippen LogP contribution in [0.15, 0.2) is 48.7 Å². The molecule has 7 heteroatoms. The van der Waals surface area contributed by atoms with Crippen LogP contribution in [0.1, 0.15) is 25.3 Å². The van der Waals surface area contributed by atoms with Crippen molar-refractivity contribution in [2.45, 2.75) is 32.4 Å². The van der Waals surface area contributed by atoms with Gasteiger partial charge in [0.05, 0.1) is 6.04 Å². The van der Waals surface area contributed by atoms with Crippen molar-refractivity contribution >= 4 is 11.7 Å². The van der Waals surface area contributed by atoms with E-state index in [9.17, 15) is 9.18 Å². The van der Waals surface area contributed by atoms with Gasteiger partial charge in [-0.1, -0.05) is 18.2 Å². The highest BCUT2D eigenvalue weighted by Gasteiger charge is 2.30. The topological polar surface area (TPSA) is 42.9 Å². The van der Waals surface area contributed by atoms with Gasteiger partial charge in [0.1, 0.15) is 11.6 Å². The summed E-state index contributed by atoms with van der Waals surface area (Å²) < 4.78 is 13.5. The van der Waals surface area contributed by atoms with E-state index in [-0.39, 0.29) is 17.8 Å². The predicted molar refractivity (Wildman–Crippen MR) is 130 cm³/mol. The van der Waals surface area contributed by atoms with Crippen LogP contribution in [0.3, 0.4) is 0 Å². The van der Waals surface area contributed by atoms with Crippen LogP contribution in [0.5, 0.6) is 0 Å². The van der Waals surface area contributed by atoms with E-state index < -0.39 is 0 Å². The Hall–Kier alpha value is -2.51. The second-order valence-electron chi connectivity index (χ2n) is 9.48. The molecule has 178 valence electrons. The molecule has 0 unspecified atom stereocenters. The van der Waals surface area contributed by atoms with Crippen LogP contribution in [-0.2, 0) is 11.3 Å². The maximum Gasteiger partial charge on any atom is 0.239 e. The van der Waals surface area contributed by atoms with Crippen LogP contribution in [0.25, 0.3) is 0 Å². The Morgan fingerprint density at radius 3 is 2.70 bits per heavy atom. The number of aromatic nitrogens is 1. The largest absolute Gasteiger partial charge is 0.354 e. The fraction of sp³-hybridized carbons (Fsp3) is 0.538. The third kappa shape index (κ3) is 6.30. The normalized spacial score (nSPS) is 21.1. The number of benzene rings is 1. The van der Waals surface area contributed by atoms with Crippen molar-refractivity contribution in [3.05, 3.63) is 60.0 Å². The molecule has 0 spiro atoms. The minimum absolute atomic E-state index is 0.101. The van der Waals surface area contributed by atoms with Crippen LogP contribution < -0.4 is 4.90 Å². The van der Waals surface area contributed by atoms with Gasteiger partial charge in [0.2, 0.25) is 5.91 Å². The van der Waals surface area contributed by atoms with Crippen LogP contribution >= 0.6 is 0 Å². The third-order valence-corrected chi connectivity index (χ3v) is 7.00. The molecule has 0 aliphatic carbocycles. The van der Waals surface area contributed by atoms with E-state index in [0.717, 1.165) is 63.6 Å². The maximum atomic E-state index is 13.5. The van der Waals surface area contributed by atoms with Gasteiger partial charge in [-0.15, -0.1) is 0 Å². The zero-order chi connectivity index (χ0) is 23.2. The monoisotopic (exact) mass is 453 g/mol. The second-order valence-corrected chi connectivity index (χ2v) is 9.48. The molecule has 2 aromatic rings. The first kappa shape index (κ1) is 23.6. The van der Waals surface area contributed by atoms with E-state index in [1.54, 1.807) is 11.0 Å². The molecule has 1 aromatic heterocycles. The highest BCUT2D eigenvalue weighted by molar-refractivity contribution is 5.81. The van der Waals surface area contributed by atoms with E-state index in [1.807, 2.05) is 38.4 Å². The molecule has 0 N–H and O–H groups in total. The lowest BCUT2D eigenvalue weighted by Gasteiger charge is -2.41. The number of halogens is 1. The SMILES string of the molecule is C[C@@H](C(=O)N(C)Cc1cccc(F)c1)N1CCC[C@@H](CN2CCN(c3ccccn3)CC2)C1. The number of nitrogens with zero attached hydrogens (tertiary/aromatic N) is 5. The Bertz CT molecular complexity index is 903. The summed E-state index contributed by atoms with van der Waals surface area (Å²) in [5.74, 6) is 1.49. The Balaban J connectivity index is 1.25. The number of hydrogen-bond donors (Lipinski definition) is 0. The molecule has 1 amide bonds. The minimum Gasteiger partial charge on any atom is -0.354 e. The molecular formula is C26H36FN5O. The van der Waals surface area contributed by atoms with Gasteiger partial charge in [-0.05, 0) is 62.1 Å². The number of pyridine rings is 1. The van der Waals surface area contributed by atoms with Crippen molar-refractivity contribution in [3.8, 4) is 0 Å². The number of anilines is 1. The first-order chi connectivity index (χ1) is 16.0. The molecule has 2 aliphatic heterocycles. The number of piperidine rings is 1. The average Bonchev–Trinajstić information content (AvgIpc) is 2.84. The number of likely N-dealkylation sites (N-methyl/N-ethyl adjacent to an activating group) is 1. The first-order valence-electron chi connectivity index (χ1n) is 12.1. The summed E-state index contributed by atoms with van der Waals surface area (Å²) in [6.45, 7) is 9.58. The van der Waals surface area contributed by atoms with E-state index in [0.29, 0.717) is 12.5 Å². The van der Waals surface area contributed by atoms with Crippen molar-refractivity contribution in [1.82, 2.24) is 19.7 Å². The van der Waals surface area contributed by atoms with Gasteiger partial charge in [-0.2, -0.15) is 0 Å². The zero-order valence-corrected chi connectivity index (χ0v) is 19.9. The fourth-order valence-corrected chi connectivity index (χ4v) is 5.13. The van der Waals surface area contributed by atoms with Crippen molar-refractivity contribution in [3.63, 3.8) is 0 Å². The lowest BCUT2D eigenvalue weighted by atomic mass is 9.95. The summed E-state index contributed by atoms with van der Waals surface area (Å²) in [4.78, 5) is 26.5. The number of hydrogen-bond acceptors (Lipinski definition) is 5. The van der Waals surface area contributed by atoms with Crippen LogP contribution in [0.2, 0.25) is 0 Å². The van der Waals surface area contributed by atoms with Crippen molar-refractivity contribution in [2.24, 2.45) is 5.92 Å². The summed E-state index contributed by atoms with van der Waals surface area (Å²) >= 11 is 0. The summed E-state index contributed by atoms with van der Waals surface area (Å²) in [6, 6.07) is 12.4. The minimum atomic E-state index is -0.263. The van der Waals surface area contributed by atoms with Crippen LogP contribution in [-0.4, -0.2) is 84.5 Å². The molecule has 2 saturated heterocycles. The molecule has 2 aliphatic rings. The molecule has 2 atom stereocenters. The summed E-state index contributed by atoms with van der Waals surface area (Å²) in [6.07, 6.45) is 4.21. The Kier molecular flexibility index (Phi) is 7.93. The summed E-state index contributed by atoms with van der Waals surface area (Å²) in [7, 11) is 1.81. The van der Waals surface area contributed by atoms with Gasteiger partial charge in [0.15, 0.2) is 0 Å². The molecule has 0 bridgehead atoms. The Morgan fingerprint density at radius 1 is 1.15 bits per heavy atom. The Morgan fingerprint density at radius 2 is 1.97 bits per heavy atom. The lowest BCUT2D eigenvalue weighted by molar-refractivity contribution is -0.136. The van der Waals surface area contributed by atoms with Crippen molar-refractivity contribution < 1.29 is 9.18 Å². The van der Waals surface area contributed by atoms with E-state index in [4.69, 9.17) is 0 Å². The van der Waals surface area contributed by atoms with Crippen LogP contribution in [0.4, 0.5) is 10.2 Å². The smallest absolute Gasteiger partial charge is 0.239 e. The first-order valence-corrected chi connectivity index (χ1v) is 12.1. The number of rotatable bonds is 7. The molecule has 33 heavy (non-hydrogen) atoms. The maximum absolute atomic E-state index is 13.5. The van der Waals surface area contributed by atoms with Gasteiger partial charge < -0.3 is 9.80 Å². The molecule has 2 fully saturated rings. The number of piperazine rings is 1. The van der Waals surface area contributed by atoms with Gasteiger partial charge in [0.25, 0.3) is 0 Å². The number of carbonyl (C=O) groups excluding carboxylic acids is 1. The molecule has 0 radical (unpaired) electrons. The lowest BCUT2D eigenvalue weighted by Crippen LogP contribution is -2.52. The van der Waals surface area contributed by atoms with Gasteiger partial charge in [-0.25, -0.2) is 9.37 Å². The highest BCUT2D eigenvalue weighted by Crippen LogP contribution is 2.22. The predicted octanol–water partition coefficient (Wildman–Crippen LogP) is 3.10. The number of carbonyl (C=O) groups is 1. The van der Waals surface area contributed by atoms with E-state index in [1.165, 1.54) is 18.6 Å². The molecule has 4 rings (SSSR count). The third-order valence-electron chi connectivity index (χ3n) is 7.00. The van der Waals surface area contributed by atoms with Crippen molar-refractivity contribution in [2.75, 3.05) is 57.8 Å². The quantitative estimate of drug-likeness (QED) is 0.645. The Labute approximate surface area is 197 Å². The highest BCUT2D eigenvalue weighted by atomic mass is 19.1. The summed E-state index contributed by atoms with van der Waals surface area (Å²) in [5.41, 5.74) is 0.819. The van der Waals surface area contributed by atoms with E-state index in [2.05, 4.69) is 25.8 Å². The van der Waals surface area contributed by atoms with Gasteiger partial charge >= 0.3 is 0 Å². The van der Waals surface area contributed by atoms with Gasteiger partial charge in [0, 0.05) is 59.1 Å². The van der Waals surface area contributed by atoms with Crippen molar-refractivity contribution in [1.29, 1.82) is 0 Å².